The van der Waals surface area contributed by atoms with E-state index < -0.39 is 18.4 Å². The second kappa shape index (κ2) is 12.0. The van der Waals surface area contributed by atoms with Crippen LogP contribution in [0.15, 0.2) is 60.7 Å². The first-order valence-electron chi connectivity index (χ1n) is 14.7. The van der Waals surface area contributed by atoms with E-state index in [1.54, 1.807) is 4.90 Å². The summed E-state index contributed by atoms with van der Waals surface area (Å²) in [6.07, 6.45) is -0.738. The summed E-state index contributed by atoms with van der Waals surface area (Å²) < 4.78 is 17.4. The van der Waals surface area contributed by atoms with Crippen molar-refractivity contribution in [1.29, 1.82) is 0 Å². The summed E-state index contributed by atoms with van der Waals surface area (Å²) in [6, 6.07) is 18.6. The SMILES string of the molecule is CCNC(=O)CCOc1cc2c(cc1OC)C(=O)N1CCC[C@H]1[C@H](O)N2C(=O)OCC1c2ccccc2-c2ccccc21. The van der Waals surface area contributed by atoms with Crippen molar-refractivity contribution < 1.29 is 33.7 Å². The Kier molecular flexibility index (Phi) is 7.94. The van der Waals surface area contributed by atoms with Crippen LogP contribution in [-0.4, -0.2) is 73.6 Å². The van der Waals surface area contributed by atoms with E-state index >= 15 is 0 Å². The van der Waals surface area contributed by atoms with Gasteiger partial charge in [0.1, 0.15) is 6.61 Å². The van der Waals surface area contributed by atoms with Gasteiger partial charge in [-0.1, -0.05) is 48.5 Å². The Labute approximate surface area is 250 Å². The molecule has 0 radical (unpaired) electrons. The minimum absolute atomic E-state index is 0.0528. The number of amides is 3. The molecule has 3 aliphatic rings. The number of methoxy groups -OCH3 is 1. The number of fused-ring (bicyclic) bond motifs is 5. The van der Waals surface area contributed by atoms with Crippen molar-refractivity contribution in [2.45, 2.75) is 44.4 Å². The van der Waals surface area contributed by atoms with Gasteiger partial charge in [-0.2, -0.15) is 0 Å². The lowest BCUT2D eigenvalue weighted by molar-refractivity contribution is -0.121. The van der Waals surface area contributed by atoms with Gasteiger partial charge in [0.2, 0.25) is 5.91 Å². The Morgan fingerprint density at radius 2 is 1.70 bits per heavy atom. The molecule has 2 aliphatic heterocycles. The van der Waals surface area contributed by atoms with Crippen LogP contribution in [0.2, 0.25) is 0 Å². The molecule has 0 unspecified atom stereocenters. The maximum Gasteiger partial charge on any atom is 0.416 e. The number of anilines is 1. The van der Waals surface area contributed by atoms with Gasteiger partial charge >= 0.3 is 6.09 Å². The van der Waals surface area contributed by atoms with E-state index in [9.17, 15) is 19.5 Å². The molecule has 3 aromatic rings. The van der Waals surface area contributed by atoms with Crippen LogP contribution in [0.25, 0.3) is 11.1 Å². The zero-order valence-corrected chi connectivity index (χ0v) is 24.2. The van der Waals surface area contributed by atoms with Crippen LogP contribution < -0.4 is 19.7 Å². The van der Waals surface area contributed by atoms with Gasteiger partial charge in [-0.3, -0.25) is 9.59 Å². The van der Waals surface area contributed by atoms with Crippen LogP contribution in [-0.2, 0) is 9.53 Å². The molecule has 3 aromatic carbocycles. The molecule has 10 nitrogen and oxygen atoms in total. The van der Waals surface area contributed by atoms with E-state index in [1.165, 1.54) is 19.2 Å². The summed E-state index contributed by atoms with van der Waals surface area (Å²) in [4.78, 5) is 42.4. The van der Waals surface area contributed by atoms with Crippen molar-refractivity contribution >= 4 is 23.6 Å². The van der Waals surface area contributed by atoms with E-state index in [2.05, 4.69) is 17.4 Å². The Hall–Kier alpha value is -4.57. The van der Waals surface area contributed by atoms with E-state index in [0.29, 0.717) is 25.9 Å². The number of rotatable bonds is 8. The maximum atomic E-state index is 13.9. The number of ether oxygens (including phenoxy) is 3. The predicted molar refractivity (Wildman–Crippen MR) is 159 cm³/mol. The highest BCUT2D eigenvalue weighted by Gasteiger charge is 2.45. The molecule has 3 amide bonds. The minimum Gasteiger partial charge on any atom is -0.493 e. The smallest absolute Gasteiger partial charge is 0.416 e. The normalized spacial score (nSPS) is 18.7. The fraction of sp³-hybridized carbons (Fsp3) is 0.364. The van der Waals surface area contributed by atoms with Crippen LogP contribution in [0, 0.1) is 0 Å². The molecule has 0 bridgehead atoms. The third-order valence-corrected chi connectivity index (χ3v) is 8.43. The molecule has 2 atom stereocenters. The zero-order chi connectivity index (χ0) is 30.1. The predicted octanol–water partition coefficient (Wildman–Crippen LogP) is 4.29. The lowest BCUT2D eigenvalue weighted by Crippen LogP contribution is -2.51. The molecular weight excluding hydrogens is 550 g/mol. The minimum atomic E-state index is -1.33. The topological polar surface area (TPSA) is 118 Å². The average molecular weight is 586 g/mol. The quantitative estimate of drug-likeness (QED) is 0.405. The molecule has 43 heavy (non-hydrogen) atoms. The molecular formula is C33H35N3O7. The summed E-state index contributed by atoms with van der Waals surface area (Å²) in [5, 5.41) is 14.3. The number of hydrogen-bond donors (Lipinski definition) is 2. The first kappa shape index (κ1) is 28.5. The van der Waals surface area contributed by atoms with Crippen LogP contribution in [0.1, 0.15) is 53.6 Å². The standard InChI is InChI=1S/C33H35N3O7/c1-3-34-30(37)14-16-42-29-18-27-24(17-28(29)41-2)31(38)35-15-8-13-26(35)32(39)36(27)33(40)43-19-25-22-11-6-4-9-20(22)21-10-5-7-12-23(21)25/h4-7,9-12,17-18,25-26,32,39H,3,8,13-16,19H2,1-2H3,(H,34,37)/t26-,32-/m0/s1. The van der Waals surface area contributed by atoms with E-state index in [4.69, 9.17) is 14.2 Å². The summed E-state index contributed by atoms with van der Waals surface area (Å²) in [5.74, 6) is -0.124. The van der Waals surface area contributed by atoms with Crippen molar-refractivity contribution in [1.82, 2.24) is 10.2 Å². The number of aliphatic hydroxyl groups is 1. The fourth-order valence-corrected chi connectivity index (χ4v) is 6.43. The number of carbonyl (C=O) groups is 3. The largest absolute Gasteiger partial charge is 0.493 e. The Morgan fingerprint density at radius 1 is 1.00 bits per heavy atom. The van der Waals surface area contributed by atoms with Gasteiger partial charge in [-0.05, 0) is 48.1 Å². The number of nitrogens with one attached hydrogen (secondary N) is 1. The molecule has 1 aliphatic carbocycles. The number of aliphatic hydroxyl groups excluding tert-OH is 1. The molecule has 6 rings (SSSR count). The summed E-state index contributed by atoms with van der Waals surface area (Å²) in [5.41, 5.74) is 4.71. The molecule has 0 spiro atoms. The van der Waals surface area contributed by atoms with Crippen molar-refractivity contribution in [3.8, 4) is 22.6 Å². The first-order valence-corrected chi connectivity index (χ1v) is 14.7. The molecule has 2 N–H and O–H groups in total. The third kappa shape index (κ3) is 5.16. The van der Waals surface area contributed by atoms with Crippen LogP contribution in [0.4, 0.5) is 10.5 Å². The highest BCUT2D eigenvalue weighted by atomic mass is 16.6. The Balaban J connectivity index is 1.32. The molecule has 224 valence electrons. The number of carbonyl (C=O) groups excluding carboxylic acids is 3. The lowest BCUT2D eigenvalue weighted by Gasteiger charge is -2.32. The van der Waals surface area contributed by atoms with Crippen molar-refractivity contribution in [2.75, 3.05) is 38.3 Å². The lowest BCUT2D eigenvalue weighted by atomic mass is 9.98. The first-order chi connectivity index (χ1) is 20.9. The van der Waals surface area contributed by atoms with Crippen molar-refractivity contribution in [3.05, 3.63) is 77.4 Å². The molecule has 10 heteroatoms. The number of hydrogen-bond acceptors (Lipinski definition) is 7. The van der Waals surface area contributed by atoms with Gasteiger partial charge in [0, 0.05) is 25.1 Å². The summed E-state index contributed by atoms with van der Waals surface area (Å²) >= 11 is 0. The van der Waals surface area contributed by atoms with E-state index in [-0.39, 0.29) is 60.1 Å². The number of benzene rings is 3. The highest BCUT2D eigenvalue weighted by molar-refractivity contribution is 6.06. The zero-order valence-electron chi connectivity index (χ0n) is 24.2. The Bertz CT molecular complexity index is 1510. The second-order valence-electron chi connectivity index (χ2n) is 10.9. The molecule has 0 aromatic heterocycles. The molecule has 1 fully saturated rings. The average Bonchev–Trinajstić information content (AvgIpc) is 3.61. The summed E-state index contributed by atoms with van der Waals surface area (Å²) in [7, 11) is 1.45. The van der Waals surface area contributed by atoms with E-state index in [0.717, 1.165) is 27.2 Å². The van der Waals surface area contributed by atoms with Gasteiger partial charge in [-0.15, -0.1) is 0 Å². The molecule has 1 saturated heterocycles. The third-order valence-electron chi connectivity index (χ3n) is 8.43. The van der Waals surface area contributed by atoms with Crippen molar-refractivity contribution in [2.24, 2.45) is 0 Å². The monoisotopic (exact) mass is 585 g/mol. The van der Waals surface area contributed by atoms with Gasteiger partial charge in [-0.25, -0.2) is 9.69 Å². The molecule has 0 saturated carbocycles. The maximum absolute atomic E-state index is 13.9. The van der Waals surface area contributed by atoms with Crippen LogP contribution >= 0.6 is 0 Å². The van der Waals surface area contributed by atoms with Gasteiger partial charge in [0.15, 0.2) is 17.7 Å². The number of nitrogens with zero attached hydrogens (tertiary/aromatic N) is 2. The van der Waals surface area contributed by atoms with Gasteiger partial charge in [0.25, 0.3) is 5.91 Å². The van der Waals surface area contributed by atoms with Crippen molar-refractivity contribution in [3.63, 3.8) is 0 Å². The van der Waals surface area contributed by atoms with Crippen LogP contribution in [0.3, 0.4) is 0 Å². The summed E-state index contributed by atoms with van der Waals surface area (Å²) in [6.45, 7) is 2.91. The highest BCUT2D eigenvalue weighted by Crippen LogP contribution is 2.45. The van der Waals surface area contributed by atoms with Gasteiger partial charge < -0.3 is 29.5 Å². The fourth-order valence-electron chi connectivity index (χ4n) is 6.43. The second-order valence-corrected chi connectivity index (χ2v) is 10.9. The Morgan fingerprint density at radius 3 is 2.37 bits per heavy atom. The van der Waals surface area contributed by atoms with E-state index in [1.807, 2.05) is 43.3 Å². The van der Waals surface area contributed by atoms with Gasteiger partial charge in [0.05, 0.1) is 37.4 Å². The molecule has 2 heterocycles. The van der Waals surface area contributed by atoms with Crippen LogP contribution in [0.5, 0.6) is 11.5 Å².